The van der Waals surface area contributed by atoms with Crippen molar-refractivity contribution in [1.82, 2.24) is 5.32 Å². The molecule has 1 aromatic heterocycles. The Morgan fingerprint density at radius 2 is 2.11 bits per heavy atom. The summed E-state index contributed by atoms with van der Waals surface area (Å²) in [5.41, 5.74) is 0.892. The lowest BCUT2D eigenvalue weighted by molar-refractivity contribution is 0.537. The van der Waals surface area contributed by atoms with Gasteiger partial charge in [0.2, 0.25) is 0 Å². The van der Waals surface area contributed by atoms with Crippen molar-refractivity contribution in [2.45, 2.75) is 18.9 Å². The monoisotopic (exact) mass is 295 g/mol. The summed E-state index contributed by atoms with van der Waals surface area (Å²) in [6, 6.07) is 9.63. The maximum Gasteiger partial charge on any atom is 0.142 e. The highest BCUT2D eigenvalue weighted by Gasteiger charge is 2.32. The molecule has 1 aromatic carbocycles. The average Bonchev–Trinajstić information content (AvgIpc) is 3.11. The van der Waals surface area contributed by atoms with Crippen LogP contribution in [-0.2, 0) is 0 Å². The first-order chi connectivity index (χ1) is 9.19. The lowest BCUT2D eigenvalue weighted by Crippen LogP contribution is -2.16. The molecule has 19 heavy (non-hydrogen) atoms. The maximum atomic E-state index is 13.5. The summed E-state index contributed by atoms with van der Waals surface area (Å²) >= 11 is 7.44. The molecule has 3 rings (SSSR count). The molecule has 1 N–H and O–H groups in total. The van der Waals surface area contributed by atoms with Gasteiger partial charge in [-0.2, -0.15) is 0 Å². The van der Waals surface area contributed by atoms with Gasteiger partial charge >= 0.3 is 0 Å². The van der Waals surface area contributed by atoms with E-state index in [1.54, 1.807) is 17.4 Å². The summed E-state index contributed by atoms with van der Waals surface area (Å²) in [6.45, 7) is 0. The van der Waals surface area contributed by atoms with Crippen molar-refractivity contribution in [3.05, 3.63) is 46.0 Å². The molecule has 2 aromatic rings. The first-order valence-electron chi connectivity index (χ1n) is 6.41. The van der Waals surface area contributed by atoms with Crippen molar-refractivity contribution in [2.75, 3.05) is 7.05 Å². The van der Waals surface area contributed by atoms with E-state index >= 15 is 0 Å². The van der Waals surface area contributed by atoms with Gasteiger partial charge in [0, 0.05) is 15.8 Å². The number of thiophene rings is 1. The molecule has 4 heteroatoms. The highest BCUT2D eigenvalue weighted by molar-refractivity contribution is 7.15. The zero-order valence-electron chi connectivity index (χ0n) is 10.6. The maximum absolute atomic E-state index is 13.5. The van der Waals surface area contributed by atoms with Gasteiger partial charge in [0.25, 0.3) is 0 Å². The SMILES string of the molecule is CNC(c1ccc(-c2ccc(Cl)c(F)c2)s1)C1CC1. The van der Waals surface area contributed by atoms with Gasteiger partial charge in [-0.15, -0.1) is 11.3 Å². The van der Waals surface area contributed by atoms with E-state index in [4.69, 9.17) is 11.6 Å². The number of halogens is 2. The Bertz CT molecular complexity index is 592. The van der Waals surface area contributed by atoms with Crippen LogP contribution in [0.1, 0.15) is 23.8 Å². The third-order valence-corrected chi connectivity index (χ3v) is 5.07. The molecule has 0 saturated heterocycles. The topological polar surface area (TPSA) is 12.0 Å². The van der Waals surface area contributed by atoms with Crippen LogP contribution in [0.3, 0.4) is 0 Å². The predicted molar refractivity (Wildman–Crippen MR) is 79.2 cm³/mol. The zero-order chi connectivity index (χ0) is 13.4. The van der Waals surface area contributed by atoms with Gasteiger partial charge in [-0.3, -0.25) is 0 Å². The molecule has 0 radical (unpaired) electrons. The normalized spacial score (nSPS) is 16.6. The standard InChI is InChI=1S/C15H15ClFNS/c1-18-15(9-2-3-9)14-7-6-13(19-14)10-4-5-11(16)12(17)8-10/h4-9,15,18H,2-3H2,1H3. The van der Waals surface area contributed by atoms with Crippen molar-refractivity contribution >= 4 is 22.9 Å². The second-order valence-corrected chi connectivity index (χ2v) is 6.46. The Balaban J connectivity index is 1.89. The first kappa shape index (κ1) is 13.1. The van der Waals surface area contributed by atoms with Crippen LogP contribution >= 0.6 is 22.9 Å². The molecule has 0 spiro atoms. The van der Waals surface area contributed by atoms with Crippen LogP contribution in [0, 0.1) is 11.7 Å². The van der Waals surface area contributed by atoms with Crippen LogP contribution in [0.15, 0.2) is 30.3 Å². The molecule has 1 saturated carbocycles. The van der Waals surface area contributed by atoms with Crippen LogP contribution in [0.5, 0.6) is 0 Å². The third-order valence-electron chi connectivity index (χ3n) is 3.54. The van der Waals surface area contributed by atoms with E-state index < -0.39 is 0 Å². The molecular weight excluding hydrogens is 281 g/mol. The van der Waals surface area contributed by atoms with E-state index in [0.717, 1.165) is 16.4 Å². The van der Waals surface area contributed by atoms with Gasteiger partial charge in [-0.05, 0) is 55.6 Å². The third kappa shape index (κ3) is 2.69. The van der Waals surface area contributed by atoms with Gasteiger partial charge in [0.05, 0.1) is 5.02 Å². The van der Waals surface area contributed by atoms with Crippen molar-refractivity contribution in [1.29, 1.82) is 0 Å². The van der Waals surface area contributed by atoms with E-state index in [2.05, 4.69) is 17.4 Å². The van der Waals surface area contributed by atoms with E-state index in [9.17, 15) is 4.39 Å². The Morgan fingerprint density at radius 1 is 1.32 bits per heavy atom. The number of benzene rings is 1. The van der Waals surface area contributed by atoms with Crippen molar-refractivity contribution < 1.29 is 4.39 Å². The molecule has 1 fully saturated rings. The largest absolute Gasteiger partial charge is 0.312 e. The lowest BCUT2D eigenvalue weighted by Gasteiger charge is -2.12. The molecule has 0 bridgehead atoms. The Kier molecular flexibility index (Phi) is 3.61. The highest BCUT2D eigenvalue weighted by Crippen LogP contribution is 2.44. The number of hydrogen-bond acceptors (Lipinski definition) is 2. The van der Waals surface area contributed by atoms with Crippen LogP contribution in [0.4, 0.5) is 4.39 Å². The molecule has 100 valence electrons. The Labute approximate surface area is 121 Å². The quantitative estimate of drug-likeness (QED) is 0.848. The van der Waals surface area contributed by atoms with Crippen LogP contribution < -0.4 is 5.32 Å². The van der Waals surface area contributed by atoms with Crippen LogP contribution in [-0.4, -0.2) is 7.05 Å². The Morgan fingerprint density at radius 3 is 2.74 bits per heavy atom. The fourth-order valence-corrected chi connectivity index (χ4v) is 3.69. The molecule has 1 nitrogen and oxygen atoms in total. The lowest BCUT2D eigenvalue weighted by atomic mass is 10.1. The minimum atomic E-state index is -0.360. The van der Waals surface area contributed by atoms with E-state index in [1.165, 1.54) is 23.8 Å². The van der Waals surface area contributed by atoms with Gasteiger partial charge in [-0.25, -0.2) is 4.39 Å². The van der Waals surface area contributed by atoms with Crippen LogP contribution in [0.2, 0.25) is 5.02 Å². The number of rotatable bonds is 4. The summed E-state index contributed by atoms with van der Waals surface area (Å²) in [5.74, 6) is 0.403. The van der Waals surface area contributed by atoms with Crippen molar-refractivity contribution in [3.63, 3.8) is 0 Å². The van der Waals surface area contributed by atoms with Gasteiger partial charge in [0.1, 0.15) is 5.82 Å². The summed E-state index contributed by atoms with van der Waals surface area (Å²) in [5, 5.41) is 3.55. The molecular formula is C15H15ClFNS. The molecule has 1 unspecified atom stereocenters. The number of nitrogens with one attached hydrogen (secondary N) is 1. The molecule has 1 heterocycles. The molecule has 0 aliphatic heterocycles. The Hall–Kier alpha value is -0.900. The second kappa shape index (κ2) is 5.23. The summed E-state index contributed by atoms with van der Waals surface area (Å²) in [6.07, 6.45) is 2.60. The minimum Gasteiger partial charge on any atom is -0.312 e. The van der Waals surface area contributed by atoms with E-state index in [0.29, 0.717) is 6.04 Å². The second-order valence-electron chi connectivity index (χ2n) is 4.93. The summed E-state index contributed by atoms with van der Waals surface area (Å²) in [4.78, 5) is 2.42. The fourth-order valence-electron chi connectivity index (χ4n) is 2.36. The van der Waals surface area contributed by atoms with E-state index in [-0.39, 0.29) is 10.8 Å². The molecule has 1 aliphatic rings. The fraction of sp³-hybridized carbons (Fsp3) is 0.333. The minimum absolute atomic E-state index is 0.173. The highest BCUT2D eigenvalue weighted by atomic mass is 35.5. The summed E-state index contributed by atoms with van der Waals surface area (Å²) in [7, 11) is 2.00. The predicted octanol–water partition coefficient (Wildman–Crippen LogP) is 4.88. The van der Waals surface area contributed by atoms with Gasteiger partial charge in [0.15, 0.2) is 0 Å². The van der Waals surface area contributed by atoms with Crippen LogP contribution in [0.25, 0.3) is 10.4 Å². The summed E-state index contributed by atoms with van der Waals surface area (Å²) < 4.78 is 13.5. The number of hydrogen-bond donors (Lipinski definition) is 1. The smallest absolute Gasteiger partial charge is 0.142 e. The van der Waals surface area contributed by atoms with Gasteiger partial charge in [-0.1, -0.05) is 17.7 Å². The van der Waals surface area contributed by atoms with Gasteiger partial charge < -0.3 is 5.32 Å². The molecule has 0 amide bonds. The molecule has 1 atom stereocenters. The van der Waals surface area contributed by atoms with E-state index in [1.807, 2.05) is 13.1 Å². The van der Waals surface area contributed by atoms with Crippen molar-refractivity contribution in [3.8, 4) is 10.4 Å². The average molecular weight is 296 g/mol. The molecule has 1 aliphatic carbocycles. The van der Waals surface area contributed by atoms with Crippen molar-refractivity contribution in [2.24, 2.45) is 5.92 Å². The first-order valence-corrected chi connectivity index (χ1v) is 7.61. The zero-order valence-corrected chi connectivity index (χ0v) is 12.2.